The van der Waals surface area contributed by atoms with Crippen molar-refractivity contribution in [1.29, 1.82) is 0 Å². The van der Waals surface area contributed by atoms with E-state index < -0.39 is 10.0 Å². The van der Waals surface area contributed by atoms with E-state index in [2.05, 4.69) is 9.88 Å². The largest absolute Gasteiger partial charge is 0.359 e. The Bertz CT molecular complexity index is 648. The summed E-state index contributed by atoms with van der Waals surface area (Å²) in [6.45, 7) is 3.50. The van der Waals surface area contributed by atoms with Crippen molar-refractivity contribution in [1.82, 2.24) is 5.16 Å². The number of aryl methyl sites for hydroxylation is 1. The first-order chi connectivity index (χ1) is 9.03. The van der Waals surface area contributed by atoms with Crippen molar-refractivity contribution in [2.45, 2.75) is 20.3 Å². The average molecular weight is 280 g/mol. The van der Waals surface area contributed by atoms with Crippen LogP contribution in [0.2, 0.25) is 0 Å². The van der Waals surface area contributed by atoms with Crippen LogP contribution in [0.25, 0.3) is 11.3 Å². The lowest BCUT2D eigenvalue weighted by atomic mass is 10.1. The molecular weight excluding hydrogens is 264 g/mol. The number of rotatable bonds is 5. The highest BCUT2D eigenvalue weighted by molar-refractivity contribution is 7.92. The van der Waals surface area contributed by atoms with Gasteiger partial charge in [-0.2, -0.15) is 0 Å². The maximum absolute atomic E-state index is 11.9. The maximum atomic E-state index is 11.9. The molecule has 0 radical (unpaired) electrons. The molecule has 5 nitrogen and oxygen atoms in total. The molecule has 0 saturated heterocycles. The summed E-state index contributed by atoms with van der Waals surface area (Å²) in [7, 11) is -3.36. The Morgan fingerprint density at radius 1 is 1.26 bits per heavy atom. The first kappa shape index (κ1) is 13.6. The fourth-order valence-electron chi connectivity index (χ4n) is 1.76. The van der Waals surface area contributed by atoms with E-state index in [0.29, 0.717) is 23.6 Å². The van der Waals surface area contributed by atoms with Gasteiger partial charge in [-0.3, -0.25) is 4.72 Å². The van der Waals surface area contributed by atoms with Crippen LogP contribution in [-0.4, -0.2) is 19.3 Å². The van der Waals surface area contributed by atoms with Crippen LogP contribution in [0, 0.1) is 6.92 Å². The van der Waals surface area contributed by atoms with Crippen LogP contribution in [0.1, 0.15) is 19.1 Å². The molecule has 1 N–H and O–H groups in total. The van der Waals surface area contributed by atoms with Gasteiger partial charge in [0.15, 0.2) is 5.76 Å². The number of sulfonamides is 1. The SMILES string of the molecule is CCCS(=O)(=O)Nc1c(-c2ccccc2)noc1C. The topological polar surface area (TPSA) is 72.2 Å². The normalized spacial score (nSPS) is 11.5. The lowest BCUT2D eigenvalue weighted by molar-refractivity contribution is 0.400. The highest BCUT2D eigenvalue weighted by atomic mass is 32.2. The molecule has 0 aliphatic carbocycles. The van der Waals surface area contributed by atoms with Gasteiger partial charge >= 0.3 is 0 Å². The Labute approximate surface area is 112 Å². The van der Waals surface area contributed by atoms with Crippen molar-refractivity contribution < 1.29 is 12.9 Å². The molecule has 0 spiro atoms. The number of hydrogen-bond donors (Lipinski definition) is 1. The number of aromatic nitrogens is 1. The Balaban J connectivity index is 2.39. The minimum atomic E-state index is -3.36. The van der Waals surface area contributed by atoms with Crippen LogP contribution in [0.3, 0.4) is 0 Å². The summed E-state index contributed by atoms with van der Waals surface area (Å²) in [6, 6.07) is 9.33. The summed E-state index contributed by atoms with van der Waals surface area (Å²) in [5.41, 5.74) is 1.74. The number of nitrogens with one attached hydrogen (secondary N) is 1. The fourth-order valence-corrected chi connectivity index (χ4v) is 2.95. The molecule has 19 heavy (non-hydrogen) atoms. The molecule has 1 aromatic heterocycles. The summed E-state index contributed by atoms with van der Waals surface area (Å²) in [4.78, 5) is 0. The van der Waals surface area contributed by atoms with Crippen LogP contribution in [-0.2, 0) is 10.0 Å². The van der Waals surface area contributed by atoms with E-state index in [1.807, 2.05) is 37.3 Å². The predicted molar refractivity (Wildman–Crippen MR) is 74.4 cm³/mol. The second-order valence-corrected chi connectivity index (χ2v) is 6.09. The molecule has 102 valence electrons. The van der Waals surface area contributed by atoms with Gasteiger partial charge in [0, 0.05) is 5.56 Å². The van der Waals surface area contributed by atoms with Crippen molar-refractivity contribution in [3.05, 3.63) is 36.1 Å². The zero-order chi connectivity index (χ0) is 13.9. The van der Waals surface area contributed by atoms with Crippen molar-refractivity contribution >= 4 is 15.7 Å². The number of hydrogen-bond acceptors (Lipinski definition) is 4. The minimum Gasteiger partial charge on any atom is -0.359 e. The molecule has 2 rings (SSSR count). The Morgan fingerprint density at radius 2 is 1.95 bits per heavy atom. The standard InChI is InChI=1S/C13H16N2O3S/c1-3-9-19(16,17)15-12-10(2)18-14-13(12)11-7-5-4-6-8-11/h4-8,15H,3,9H2,1-2H3. The molecule has 0 unspecified atom stereocenters. The quantitative estimate of drug-likeness (QED) is 0.914. The van der Waals surface area contributed by atoms with Gasteiger partial charge < -0.3 is 4.52 Å². The molecule has 6 heteroatoms. The molecule has 2 aromatic rings. The van der Waals surface area contributed by atoms with Gasteiger partial charge in [0.05, 0.1) is 5.75 Å². The molecular formula is C13H16N2O3S. The number of nitrogens with zero attached hydrogens (tertiary/aromatic N) is 1. The molecule has 0 aliphatic heterocycles. The Morgan fingerprint density at radius 3 is 2.58 bits per heavy atom. The van der Waals surface area contributed by atoms with E-state index in [0.717, 1.165) is 5.56 Å². The maximum Gasteiger partial charge on any atom is 0.232 e. The van der Waals surface area contributed by atoms with Gasteiger partial charge in [-0.25, -0.2) is 8.42 Å². The monoisotopic (exact) mass is 280 g/mol. The van der Waals surface area contributed by atoms with Crippen LogP contribution in [0.4, 0.5) is 5.69 Å². The number of anilines is 1. The molecule has 1 aromatic carbocycles. The van der Waals surface area contributed by atoms with Gasteiger partial charge in [0.2, 0.25) is 10.0 Å². The van der Waals surface area contributed by atoms with Crippen molar-refractivity contribution in [2.24, 2.45) is 0 Å². The lowest BCUT2D eigenvalue weighted by Gasteiger charge is -2.07. The third-order valence-electron chi connectivity index (χ3n) is 2.64. The molecule has 0 saturated carbocycles. The van der Waals surface area contributed by atoms with E-state index in [-0.39, 0.29) is 5.75 Å². The summed E-state index contributed by atoms with van der Waals surface area (Å²) in [6.07, 6.45) is 0.556. The average Bonchev–Trinajstić information content (AvgIpc) is 2.71. The van der Waals surface area contributed by atoms with Crippen molar-refractivity contribution in [2.75, 3.05) is 10.5 Å². The third-order valence-corrected chi connectivity index (χ3v) is 4.10. The van der Waals surface area contributed by atoms with E-state index in [1.165, 1.54) is 0 Å². The van der Waals surface area contributed by atoms with E-state index >= 15 is 0 Å². The predicted octanol–water partition coefficient (Wildman–Crippen LogP) is 2.80. The number of benzene rings is 1. The van der Waals surface area contributed by atoms with Gasteiger partial charge in [-0.15, -0.1) is 0 Å². The highest BCUT2D eigenvalue weighted by Gasteiger charge is 2.19. The van der Waals surface area contributed by atoms with Gasteiger partial charge in [0.1, 0.15) is 11.4 Å². The summed E-state index contributed by atoms with van der Waals surface area (Å²) >= 11 is 0. The van der Waals surface area contributed by atoms with Crippen LogP contribution >= 0.6 is 0 Å². The van der Waals surface area contributed by atoms with Gasteiger partial charge in [-0.05, 0) is 13.3 Å². The Hall–Kier alpha value is -1.82. The van der Waals surface area contributed by atoms with Gasteiger partial charge in [-0.1, -0.05) is 42.4 Å². The molecule has 0 atom stereocenters. The fraction of sp³-hybridized carbons (Fsp3) is 0.308. The van der Waals surface area contributed by atoms with E-state index in [1.54, 1.807) is 6.92 Å². The molecule has 0 fully saturated rings. The van der Waals surface area contributed by atoms with Crippen molar-refractivity contribution in [3.63, 3.8) is 0 Å². The smallest absolute Gasteiger partial charge is 0.232 e. The van der Waals surface area contributed by atoms with Crippen LogP contribution in [0.5, 0.6) is 0 Å². The third kappa shape index (κ3) is 3.14. The van der Waals surface area contributed by atoms with Crippen molar-refractivity contribution in [3.8, 4) is 11.3 Å². The first-order valence-electron chi connectivity index (χ1n) is 6.05. The summed E-state index contributed by atoms with van der Waals surface area (Å²) in [5, 5.41) is 3.93. The summed E-state index contributed by atoms with van der Waals surface area (Å²) < 4.78 is 31.4. The highest BCUT2D eigenvalue weighted by Crippen LogP contribution is 2.30. The Kier molecular flexibility index (Phi) is 3.90. The van der Waals surface area contributed by atoms with Crippen LogP contribution < -0.4 is 4.72 Å². The first-order valence-corrected chi connectivity index (χ1v) is 7.71. The summed E-state index contributed by atoms with van der Waals surface area (Å²) in [5.74, 6) is 0.532. The van der Waals surface area contributed by atoms with Gasteiger partial charge in [0.25, 0.3) is 0 Å². The second kappa shape index (κ2) is 5.44. The minimum absolute atomic E-state index is 0.0752. The zero-order valence-electron chi connectivity index (χ0n) is 10.9. The molecule has 0 aliphatic rings. The molecule has 1 heterocycles. The lowest BCUT2D eigenvalue weighted by Crippen LogP contribution is -2.16. The zero-order valence-corrected chi connectivity index (χ0v) is 11.7. The van der Waals surface area contributed by atoms with Crippen LogP contribution in [0.15, 0.2) is 34.9 Å². The molecule has 0 bridgehead atoms. The van der Waals surface area contributed by atoms with E-state index in [4.69, 9.17) is 4.52 Å². The molecule has 0 amide bonds. The second-order valence-electron chi connectivity index (χ2n) is 4.25. The van der Waals surface area contributed by atoms with E-state index in [9.17, 15) is 8.42 Å².